The average Bonchev–Trinajstić information content (AvgIpc) is 2.88. The van der Waals surface area contributed by atoms with Crippen LogP contribution in [0.5, 0.6) is 0 Å². The van der Waals surface area contributed by atoms with Gasteiger partial charge >= 0.3 is 0 Å². The second-order valence-electron chi connectivity index (χ2n) is 4.70. The van der Waals surface area contributed by atoms with Crippen molar-refractivity contribution in [3.8, 4) is 5.95 Å². The molecule has 0 radical (unpaired) electrons. The zero-order valence-electron chi connectivity index (χ0n) is 11.5. The van der Waals surface area contributed by atoms with Crippen LogP contribution >= 0.6 is 0 Å². The van der Waals surface area contributed by atoms with Crippen LogP contribution in [-0.4, -0.2) is 37.6 Å². The first-order chi connectivity index (χ1) is 9.10. The minimum atomic E-state index is 0.218. The first-order valence-electron chi connectivity index (χ1n) is 6.35. The zero-order valence-corrected chi connectivity index (χ0v) is 11.5. The van der Waals surface area contributed by atoms with Gasteiger partial charge in [0, 0.05) is 25.5 Å². The Morgan fingerprint density at radius 1 is 1.32 bits per heavy atom. The van der Waals surface area contributed by atoms with Crippen molar-refractivity contribution in [2.24, 2.45) is 5.92 Å². The van der Waals surface area contributed by atoms with Crippen LogP contribution < -0.4 is 10.6 Å². The van der Waals surface area contributed by atoms with Crippen molar-refractivity contribution in [2.75, 3.05) is 23.7 Å². The molecular weight excluding hydrogens is 242 g/mol. The number of aromatic nitrogens is 5. The fourth-order valence-corrected chi connectivity index (χ4v) is 1.80. The van der Waals surface area contributed by atoms with E-state index in [0.29, 0.717) is 17.8 Å². The van der Waals surface area contributed by atoms with Crippen molar-refractivity contribution in [2.45, 2.75) is 20.8 Å². The number of hydrogen-bond acceptors (Lipinski definition) is 6. The standard InChI is InChI=1S/C12H19N7/c1-4-18(7-9(2)3)11-15-10(13)16-12(17-11)19-6-5-14-8-19/h5-6,8-9H,4,7H2,1-3H3,(H2,13,15,16,17). The summed E-state index contributed by atoms with van der Waals surface area (Å²) >= 11 is 0. The normalized spacial score (nSPS) is 10.9. The van der Waals surface area contributed by atoms with Gasteiger partial charge in [-0.25, -0.2) is 4.98 Å². The number of nitrogen functional groups attached to an aromatic ring is 1. The SMILES string of the molecule is CCN(CC(C)C)c1nc(N)nc(-n2ccnc2)n1. The summed E-state index contributed by atoms with van der Waals surface area (Å²) in [5, 5.41) is 0. The third kappa shape index (κ3) is 3.18. The van der Waals surface area contributed by atoms with Gasteiger partial charge in [0.1, 0.15) is 6.33 Å². The fraction of sp³-hybridized carbons (Fsp3) is 0.500. The number of nitrogens with two attached hydrogens (primary N) is 1. The Kier molecular flexibility index (Phi) is 3.94. The van der Waals surface area contributed by atoms with Crippen LogP contribution in [0, 0.1) is 5.92 Å². The molecule has 2 aromatic heterocycles. The summed E-state index contributed by atoms with van der Waals surface area (Å²) in [6, 6.07) is 0. The molecule has 0 aliphatic heterocycles. The lowest BCUT2D eigenvalue weighted by atomic mass is 10.2. The van der Waals surface area contributed by atoms with Crippen LogP contribution in [0.3, 0.4) is 0 Å². The summed E-state index contributed by atoms with van der Waals surface area (Å²) in [4.78, 5) is 18.9. The Bertz CT molecular complexity index is 521. The van der Waals surface area contributed by atoms with E-state index >= 15 is 0 Å². The maximum absolute atomic E-state index is 5.77. The Hall–Kier alpha value is -2.18. The molecule has 2 aromatic rings. The molecule has 0 amide bonds. The molecule has 0 aromatic carbocycles. The Morgan fingerprint density at radius 2 is 2.11 bits per heavy atom. The molecule has 0 saturated carbocycles. The topological polar surface area (TPSA) is 85.8 Å². The molecule has 7 heteroatoms. The molecule has 0 spiro atoms. The molecule has 2 rings (SSSR count). The zero-order chi connectivity index (χ0) is 13.8. The Morgan fingerprint density at radius 3 is 2.68 bits per heavy atom. The van der Waals surface area contributed by atoms with Crippen LogP contribution in [0.15, 0.2) is 18.7 Å². The molecule has 0 saturated heterocycles. The smallest absolute Gasteiger partial charge is 0.241 e. The molecule has 102 valence electrons. The van der Waals surface area contributed by atoms with Crippen LogP contribution in [0.25, 0.3) is 5.95 Å². The molecule has 0 aliphatic carbocycles. The maximum Gasteiger partial charge on any atom is 0.241 e. The Balaban J connectivity index is 2.35. The molecule has 0 fully saturated rings. The van der Waals surface area contributed by atoms with E-state index in [4.69, 9.17) is 5.73 Å². The van der Waals surface area contributed by atoms with Crippen molar-refractivity contribution in [1.29, 1.82) is 0 Å². The fourth-order valence-electron chi connectivity index (χ4n) is 1.80. The average molecular weight is 261 g/mol. The second kappa shape index (κ2) is 5.64. The predicted molar refractivity (Wildman–Crippen MR) is 74.1 cm³/mol. The van der Waals surface area contributed by atoms with E-state index in [9.17, 15) is 0 Å². The van der Waals surface area contributed by atoms with Gasteiger partial charge in [-0.05, 0) is 12.8 Å². The van der Waals surface area contributed by atoms with Crippen molar-refractivity contribution in [3.05, 3.63) is 18.7 Å². The third-order valence-electron chi connectivity index (χ3n) is 2.61. The van der Waals surface area contributed by atoms with Crippen LogP contribution in [0.4, 0.5) is 11.9 Å². The highest BCUT2D eigenvalue weighted by atomic mass is 15.3. The van der Waals surface area contributed by atoms with E-state index in [2.05, 4.69) is 45.6 Å². The molecule has 2 N–H and O–H groups in total. The monoisotopic (exact) mass is 261 g/mol. The van der Waals surface area contributed by atoms with Crippen LogP contribution in [0.1, 0.15) is 20.8 Å². The van der Waals surface area contributed by atoms with E-state index < -0.39 is 0 Å². The largest absolute Gasteiger partial charge is 0.368 e. The number of anilines is 2. The maximum atomic E-state index is 5.77. The molecule has 2 heterocycles. The summed E-state index contributed by atoms with van der Waals surface area (Å²) in [5.41, 5.74) is 5.77. The van der Waals surface area contributed by atoms with E-state index in [1.165, 1.54) is 0 Å². The van der Waals surface area contributed by atoms with Gasteiger partial charge in [-0.15, -0.1) is 0 Å². The third-order valence-corrected chi connectivity index (χ3v) is 2.61. The molecule has 0 unspecified atom stereocenters. The second-order valence-corrected chi connectivity index (χ2v) is 4.70. The molecule has 7 nitrogen and oxygen atoms in total. The predicted octanol–water partition coefficient (Wildman–Crippen LogP) is 1.12. The van der Waals surface area contributed by atoms with Crippen molar-refractivity contribution < 1.29 is 0 Å². The highest BCUT2D eigenvalue weighted by molar-refractivity contribution is 5.37. The van der Waals surface area contributed by atoms with E-state index in [1.54, 1.807) is 23.3 Å². The van der Waals surface area contributed by atoms with E-state index in [0.717, 1.165) is 13.1 Å². The molecule has 0 atom stereocenters. The lowest BCUT2D eigenvalue weighted by molar-refractivity contribution is 0.607. The van der Waals surface area contributed by atoms with Gasteiger partial charge in [0.25, 0.3) is 0 Å². The van der Waals surface area contributed by atoms with Crippen molar-refractivity contribution >= 4 is 11.9 Å². The summed E-state index contributed by atoms with van der Waals surface area (Å²) in [6.45, 7) is 8.08. The molecule has 0 bridgehead atoms. The molecule has 19 heavy (non-hydrogen) atoms. The summed E-state index contributed by atoms with van der Waals surface area (Å²) in [7, 11) is 0. The lowest BCUT2D eigenvalue weighted by Crippen LogP contribution is -2.29. The van der Waals surface area contributed by atoms with E-state index in [1.807, 2.05) is 0 Å². The number of imidazole rings is 1. The van der Waals surface area contributed by atoms with Gasteiger partial charge in [0.15, 0.2) is 0 Å². The van der Waals surface area contributed by atoms with Crippen LogP contribution in [-0.2, 0) is 0 Å². The first-order valence-corrected chi connectivity index (χ1v) is 6.35. The van der Waals surface area contributed by atoms with Gasteiger partial charge < -0.3 is 10.6 Å². The number of rotatable bonds is 5. The van der Waals surface area contributed by atoms with Crippen LogP contribution in [0.2, 0.25) is 0 Å². The van der Waals surface area contributed by atoms with E-state index in [-0.39, 0.29) is 5.95 Å². The highest BCUT2D eigenvalue weighted by Crippen LogP contribution is 2.13. The van der Waals surface area contributed by atoms with Gasteiger partial charge in [0.2, 0.25) is 17.8 Å². The van der Waals surface area contributed by atoms with Gasteiger partial charge in [-0.3, -0.25) is 4.57 Å². The minimum Gasteiger partial charge on any atom is -0.368 e. The quantitative estimate of drug-likeness (QED) is 0.868. The number of hydrogen-bond donors (Lipinski definition) is 1. The first kappa shape index (κ1) is 13.3. The van der Waals surface area contributed by atoms with Gasteiger partial charge in [0.05, 0.1) is 0 Å². The number of nitrogens with zero attached hydrogens (tertiary/aromatic N) is 6. The Labute approximate surface area is 112 Å². The molecular formula is C12H19N7. The van der Waals surface area contributed by atoms with Gasteiger partial charge in [-0.2, -0.15) is 15.0 Å². The summed E-state index contributed by atoms with van der Waals surface area (Å²) in [5.74, 6) is 1.83. The summed E-state index contributed by atoms with van der Waals surface area (Å²) in [6.07, 6.45) is 5.08. The molecule has 0 aliphatic rings. The van der Waals surface area contributed by atoms with Crippen molar-refractivity contribution in [1.82, 2.24) is 24.5 Å². The van der Waals surface area contributed by atoms with Gasteiger partial charge in [-0.1, -0.05) is 13.8 Å². The highest BCUT2D eigenvalue weighted by Gasteiger charge is 2.13. The van der Waals surface area contributed by atoms with Crippen molar-refractivity contribution in [3.63, 3.8) is 0 Å². The lowest BCUT2D eigenvalue weighted by Gasteiger charge is -2.23. The summed E-state index contributed by atoms with van der Waals surface area (Å²) < 4.78 is 1.71. The minimum absolute atomic E-state index is 0.218.